The van der Waals surface area contributed by atoms with Crippen molar-refractivity contribution in [3.8, 4) is 22.4 Å². The summed E-state index contributed by atoms with van der Waals surface area (Å²) < 4.78 is 5.70. The highest BCUT2D eigenvalue weighted by Crippen LogP contribution is 2.47. The van der Waals surface area contributed by atoms with Gasteiger partial charge in [-0.15, -0.1) is 0 Å². The Balaban J connectivity index is 1.60. The van der Waals surface area contributed by atoms with Gasteiger partial charge in [-0.25, -0.2) is 4.98 Å². The average Bonchev–Trinajstić information content (AvgIpc) is 3.06. The summed E-state index contributed by atoms with van der Waals surface area (Å²) in [5.41, 5.74) is 7.54. The van der Waals surface area contributed by atoms with Crippen molar-refractivity contribution in [2.75, 3.05) is 0 Å². The minimum atomic E-state index is 0.393. The number of pyridine rings is 1. The standard InChI is InChI=1S/C20H17N3O/c1-20(8-9-20)15-4-2-13(3-5-15)16-12-24-18-7-6-17(23-19(16)18)14-10-21-22-11-14/h2-7,10-12H,8-9H2,1H3,(H,21,22). The fourth-order valence-corrected chi connectivity index (χ4v) is 3.20. The lowest BCUT2D eigenvalue weighted by Crippen LogP contribution is -1.98. The molecule has 1 aliphatic rings. The molecule has 0 atom stereocenters. The number of fused-ring (bicyclic) bond motifs is 1. The SMILES string of the molecule is CC1(c2ccc(-c3coc4ccc(-c5cn[nH]c5)nc34)cc2)CC1. The molecule has 5 rings (SSSR count). The van der Waals surface area contributed by atoms with E-state index >= 15 is 0 Å². The van der Waals surface area contributed by atoms with Crippen molar-refractivity contribution in [2.45, 2.75) is 25.2 Å². The van der Waals surface area contributed by atoms with Crippen molar-refractivity contribution in [3.05, 3.63) is 60.6 Å². The second kappa shape index (κ2) is 4.81. The number of hydrogen-bond donors (Lipinski definition) is 1. The van der Waals surface area contributed by atoms with Crippen LogP contribution in [0.4, 0.5) is 0 Å². The summed E-state index contributed by atoms with van der Waals surface area (Å²) in [7, 11) is 0. The number of rotatable bonds is 3. The second-order valence-corrected chi connectivity index (χ2v) is 6.82. The van der Waals surface area contributed by atoms with Gasteiger partial charge in [0.15, 0.2) is 5.58 Å². The van der Waals surface area contributed by atoms with E-state index in [4.69, 9.17) is 9.40 Å². The number of benzene rings is 1. The number of nitrogens with zero attached hydrogens (tertiary/aromatic N) is 2. The maximum atomic E-state index is 5.70. The first-order valence-corrected chi connectivity index (χ1v) is 8.21. The molecule has 0 aliphatic heterocycles. The largest absolute Gasteiger partial charge is 0.462 e. The van der Waals surface area contributed by atoms with Gasteiger partial charge in [0.2, 0.25) is 0 Å². The Morgan fingerprint density at radius 2 is 1.88 bits per heavy atom. The molecule has 1 aromatic carbocycles. The maximum absolute atomic E-state index is 5.70. The summed E-state index contributed by atoms with van der Waals surface area (Å²) in [5, 5.41) is 6.83. The Hall–Kier alpha value is -2.88. The van der Waals surface area contributed by atoms with Crippen molar-refractivity contribution in [1.82, 2.24) is 15.2 Å². The van der Waals surface area contributed by atoms with E-state index in [2.05, 4.69) is 41.4 Å². The smallest absolute Gasteiger partial charge is 0.153 e. The molecule has 3 heterocycles. The zero-order valence-corrected chi connectivity index (χ0v) is 13.4. The quantitative estimate of drug-likeness (QED) is 0.583. The van der Waals surface area contributed by atoms with Crippen LogP contribution >= 0.6 is 0 Å². The molecule has 1 saturated carbocycles. The molecule has 4 aromatic rings. The Bertz CT molecular complexity index is 1010. The third kappa shape index (κ3) is 2.07. The highest BCUT2D eigenvalue weighted by atomic mass is 16.3. The van der Waals surface area contributed by atoms with Crippen molar-refractivity contribution < 1.29 is 4.42 Å². The predicted molar refractivity (Wildman–Crippen MR) is 93.6 cm³/mol. The van der Waals surface area contributed by atoms with Crippen molar-refractivity contribution in [1.29, 1.82) is 0 Å². The molecule has 3 aromatic heterocycles. The van der Waals surface area contributed by atoms with Gasteiger partial charge in [0.25, 0.3) is 0 Å². The van der Waals surface area contributed by atoms with Crippen molar-refractivity contribution in [2.24, 2.45) is 0 Å². The van der Waals surface area contributed by atoms with E-state index in [9.17, 15) is 0 Å². The van der Waals surface area contributed by atoms with Crippen LogP contribution in [0.1, 0.15) is 25.3 Å². The van der Waals surface area contributed by atoms with Crippen LogP contribution in [0.2, 0.25) is 0 Å². The molecule has 118 valence electrons. The first-order valence-electron chi connectivity index (χ1n) is 8.21. The van der Waals surface area contributed by atoms with Gasteiger partial charge >= 0.3 is 0 Å². The molecule has 0 bridgehead atoms. The molecule has 0 saturated heterocycles. The third-order valence-electron chi connectivity index (χ3n) is 5.10. The van der Waals surface area contributed by atoms with Gasteiger partial charge in [-0.2, -0.15) is 5.10 Å². The summed E-state index contributed by atoms with van der Waals surface area (Å²) >= 11 is 0. The van der Waals surface area contributed by atoms with Gasteiger partial charge in [0.05, 0.1) is 11.9 Å². The van der Waals surface area contributed by atoms with E-state index in [0.29, 0.717) is 5.41 Å². The number of H-pyrrole nitrogens is 1. The minimum absolute atomic E-state index is 0.393. The summed E-state index contributed by atoms with van der Waals surface area (Å²) in [4.78, 5) is 4.78. The number of aromatic nitrogens is 3. The van der Waals surface area contributed by atoms with Crippen LogP contribution in [0.25, 0.3) is 33.5 Å². The zero-order chi connectivity index (χ0) is 16.1. The Morgan fingerprint density at radius 3 is 2.58 bits per heavy atom. The maximum Gasteiger partial charge on any atom is 0.153 e. The Morgan fingerprint density at radius 1 is 1.04 bits per heavy atom. The monoisotopic (exact) mass is 315 g/mol. The molecule has 1 fully saturated rings. The lowest BCUT2D eigenvalue weighted by Gasteiger charge is -2.09. The third-order valence-corrected chi connectivity index (χ3v) is 5.10. The number of furan rings is 1. The van der Waals surface area contributed by atoms with E-state index in [1.54, 1.807) is 12.5 Å². The normalized spacial score (nSPS) is 15.7. The van der Waals surface area contributed by atoms with Gasteiger partial charge in [-0.3, -0.25) is 5.10 Å². The van der Waals surface area contributed by atoms with Crippen LogP contribution in [0.5, 0.6) is 0 Å². The van der Waals surface area contributed by atoms with E-state index in [1.807, 2.05) is 18.3 Å². The van der Waals surface area contributed by atoms with Crippen LogP contribution in [0.15, 0.2) is 59.5 Å². The fraction of sp³-hybridized carbons (Fsp3) is 0.200. The van der Waals surface area contributed by atoms with Gasteiger partial charge < -0.3 is 4.42 Å². The average molecular weight is 315 g/mol. The molecule has 24 heavy (non-hydrogen) atoms. The zero-order valence-electron chi connectivity index (χ0n) is 13.4. The van der Waals surface area contributed by atoms with Crippen LogP contribution in [-0.4, -0.2) is 15.2 Å². The highest BCUT2D eigenvalue weighted by Gasteiger charge is 2.38. The summed E-state index contributed by atoms with van der Waals surface area (Å²) in [5.74, 6) is 0. The molecular formula is C20H17N3O. The number of aromatic amines is 1. The van der Waals surface area contributed by atoms with E-state index in [0.717, 1.165) is 33.5 Å². The van der Waals surface area contributed by atoms with E-state index in [1.165, 1.54) is 18.4 Å². The Kier molecular flexibility index (Phi) is 2.71. The molecular weight excluding hydrogens is 298 g/mol. The lowest BCUT2D eigenvalue weighted by molar-refractivity contribution is 0.616. The van der Waals surface area contributed by atoms with Crippen LogP contribution in [0.3, 0.4) is 0 Å². The Labute approximate surface area is 139 Å². The van der Waals surface area contributed by atoms with E-state index < -0.39 is 0 Å². The number of hydrogen-bond acceptors (Lipinski definition) is 3. The molecule has 0 unspecified atom stereocenters. The van der Waals surface area contributed by atoms with Gasteiger partial charge in [-0.1, -0.05) is 31.2 Å². The highest BCUT2D eigenvalue weighted by molar-refractivity contribution is 5.92. The molecule has 0 radical (unpaired) electrons. The molecule has 4 nitrogen and oxygen atoms in total. The first-order chi connectivity index (χ1) is 11.7. The first kappa shape index (κ1) is 13.5. The van der Waals surface area contributed by atoms with Gasteiger partial charge in [0.1, 0.15) is 11.8 Å². The van der Waals surface area contributed by atoms with Crippen LogP contribution < -0.4 is 0 Å². The summed E-state index contributed by atoms with van der Waals surface area (Å²) in [6, 6.07) is 12.7. The van der Waals surface area contributed by atoms with Crippen molar-refractivity contribution >= 4 is 11.1 Å². The minimum Gasteiger partial charge on any atom is -0.462 e. The molecule has 0 amide bonds. The second-order valence-electron chi connectivity index (χ2n) is 6.82. The van der Waals surface area contributed by atoms with Crippen LogP contribution in [-0.2, 0) is 5.41 Å². The summed E-state index contributed by atoms with van der Waals surface area (Å²) in [6.45, 7) is 2.33. The van der Waals surface area contributed by atoms with Crippen molar-refractivity contribution in [3.63, 3.8) is 0 Å². The van der Waals surface area contributed by atoms with Crippen LogP contribution in [0, 0.1) is 0 Å². The van der Waals surface area contributed by atoms with Gasteiger partial charge in [-0.05, 0) is 41.5 Å². The predicted octanol–water partition coefficient (Wildman–Crippen LogP) is 4.94. The topological polar surface area (TPSA) is 54.7 Å². The molecule has 1 aliphatic carbocycles. The van der Waals surface area contributed by atoms with Gasteiger partial charge in [0, 0.05) is 17.3 Å². The lowest BCUT2D eigenvalue weighted by atomic mass is 9.96. The number of nitrogens with one attached hydrogen (secondary N) is 1. The summed E-state index contributed by atoms with van der Waals surface area (Å²) in [6.07, 6.45) is 8.00. The molecule has 0 spiro atoms. The molecule has 4 heteroatoms. The molecule has 1 N–H and O–H groups in total. The fourth-order valence-electron chi connectivity index (χ4n) is 3.20. The van der Waals surface area contributed by atoms with E-state index in [-0.39, 0.29) is 0 Å².